The molecule has 0 bridgehead atoms. The lowest BCUT2D eigenvalue weighted by atomic mass is 9.89. The highest BCUT2D eigenvalue weighted by Crippen LogP contribution is 2.54. The number of esters is 1. The van der Waals surface area contributed by atoms with Crippen molar-refractivity contribution in [1.29, 1.82) is 0 Å². The molecule has 0 aliphatic carbocycles. The van der Waals surface area contributed by atoms with Gasteiger partial charge in [0.05, 0.1) is 37.0 Å². The van der Waals surface area contributed by atoms with Gasteiger partial charge in [0.2, 0.25) is 5.65 Å². The number of ether oxygens (including phenoxy) is 1. The highest BCUT2D eigenvalue weighted by molar-refractivity contribution is 6.32. The van der Waals surface area contributed by atoms with E-state index in [0.717, 1.165) is 4.63 Å². The van der Waals surface area contributed by atoms with Gasteiger partial charge in [-0.05, 0) is 24.3 Å². The van der Waals surface area contributed by atoms with E-state index in [4.69, 9.17) is 21.4 Å². The van der Waals surface area contributed by atoms with Crippen molar-refractivity contribution in [2.24, 2.45) is 0 Å². The Morgan fingerprint density at radius 3 is 2.59 bits per heavy atom. The number of methoxy groups -OCH3 is 1. The SMILES string of the molecule is COC(=O)[C@@H]1C[C@@H](C(O)C(O)C(O)[C@H](O)CO)N2N1c1c(Cl)nn3nnnc3c1C2(C)C. The molecule has 14 nitrogen and oxygen atoms in total. The Kier molecular flexibility index (Phi) is 5.73. The molecule has 1 fully saturated rings. The van der Waals surface area contributed by atoms with Crippen molar-refractivity contribution in [2.45, 2.75) is 62.3 Å². The minimum absolute atomic E-state index is 0.00214. The number of nitrogens with zero attached hydrogens (tertiary/aromatic N) is 7. The first-order chi connectivity index (χ1) is 15.1. The van der Waals surface area contributed by atoms with Gasteiger partial charge in [0.25, 0.3) is 0 Å². The Balaban J connectivity index is 1.84. The number of hydrogen-bond donors (Lipinski definition) is 5. The first-order valence-electron chi connectivity index (χ1n) is 9.84. The molecule has 176 valence electrons. The first-order valence-corrected chi connectivity index (χ1v) is 10.2. The van der Waals surface area contributed by atoms with Crippen LogP contribution in [0.15, 0.2) is 0 Å². The molecular formula is C17H24ClN7O7. The van der Waals surface area contributed by atoms with Crippen LogP contribution in [0.4, 0.5) is 5.69 Å². The predicted molar refractivity (Wildman–Crippen MR) is 106 cm³/mol. The molecule has 0 spiro atoms. The highest BCUT2D eigenvalue weighted by Gasteiger charge is 2.60. The molecule has 2 aliphatic heterocycles. The number of tetrazole rings is 1. The minimum atomic E-state index is -1.83. The third-order valence-electron chi connectivity index (χ3n) is 6.16. The van der Waals surface area contributed by atoms with Crippen LogP contribution in [-0.4, -0.2) is 112 Å². The lowest BCUT2D eigenvalue weighted by Gasteiger charge is -2.40. The lowest BCUT2D eigenvalue weighted by Crippen LogP contribution is -2.57. The van der Waals surface area contributed by atoms with Crippen LogP contribution in [0.1, 0.15) is 25.8 Å². The van der Waals surface area contributed by atoms with Gasteiger partial charge in [-0.1, -0.05) is 11.6 Å². The third-order valence-corrected chi connectivity index (χ3v) is 6.42. The van der Waals surface area contributed by atoms with Crippen molar-refractivity contribution >= 4 is 28.9 Å². The molecule has 0 radical (unpaired) electrons. The molecule has 5 N–H and O–H groups in total. The van der Waals surface area contributed by atoms with E-state index in [-0.39, 0.29) is 17.2 Å². The molecular weight excluding hydrogens is 450 g/mol. The smallest absolute Gasteiger partial charge is 0.330 e. The number of aromatic nitrogens is 5. The van der Waals surface area contributed by atoms with E-state index in [1.807, 2.05) is 0 Å². The summed E-state index contributed by atoms with van der Waals surface area (Å²) in [7, 11) is 1.22. The molecule has 4 heterocycles. The van der Waals surface area contributed by atoms with Gasteiger partial charge in [-0.2, -0.15) is 0 Å². The van der Waals surface area contributed by atoms with Gasteiger partial charge in [0.1, 0.15) is 30.0 Å². The molecule has 6 atom stereocenters. The largest absolute Gasteiger partial charge is 0.467 e. The average Bonchev–Trinajstić information content (AvgIpc) is 3.44. The van der Waals surface area contributed by atoms with Crippen molar-refractivity contribution in [3.05, 3.63) is 10.7 Å². The standard InChI is InChI=1S/C17H24ClN7O7/c1-17(2)9-10(14(18)20-25-15(9)19-21-22-25)23-7(16(31)32-3)4-6(24(17)23)11(28)13(30)12(29)8(27)5-26/h6-8,11-13,26-30H,4-5H2,1-3H3/t6-,7-,8+,11?,12?,13?/m0/s1. The van der Waals surface area contributed by atoms with Crippen LogP contribution in [0.2, 0.25) is 5.15 Å². The van der Waals surface area contributed by atoms with Gasteiger partial charge in [-0.15, -0.1) is 14.8 Å². The van der Waals surface area contributed by atoms with Gasteiger partial charge in [0, 0.05) is 6.42 Å². The van der Waals surface area contributed by atoms with Gasteiger partial charge in [-0.3, -0.25) is 5.01 Å². The number of aliphatic hydroxyl groups excluding tert-OH is 5. The summed E-state index contributed by atoms with van der Waals surface area (Å²) >= 11 is 6.45. The number of aliphatic hydroxyl groups is 5. The number of halogens is 1. The molecule has 0 saturated carbocycles. The molecule has 0 aromatic carbocycles. The lowest BCUT2D eigenvalue weighted by molar-refractivity contribution is -0.142. The zero-order valence-corrected chi connectivity index (χ0v) is 18.2. The predicted octanol–water partition coefficient (Wildman–Crippen LogP) is -2.81. The summed E-state index contributed by atoms with van der Waals surface area (Å²) in [5.41, 5.74) is 0.234. The van der Waals surface area contributed by atoms with E-state index in [1.165, 1.54) is 7.11 Å². The molecule has 1 saturated heterocycles. The fourth-order valence-corrected chi connectivity index (χ4v) is 4.95. The summed E-state index contributed by atoms with van der Waals surface area (Å²) in [5, 5.41) is 69.2. The van der Waals surface area contributed by atoms with Crippen molar-refractivity contribution in [2.75, 3.05) is 18.7 Å². The van der Waals surface area contributed by atoms with Crippen molar-refractivity contribution in [3.63, 3.8) is 0 Å². The zero-order valence-electron chi connectivity index (χ0n) is 17.4. The monoisotopic (exact) mass is 473 g/mol. The quantitative estimate of drug-likeness (QED) is 0.270. The van der Waals surface area contributed by atoms with E-state index in [1.54, 1.807) is 23.9 Å². The number of hydrogen-bond acceptors (Lipinski definition) is 13. The normalized spacial score (nSPS) is 26.0. The fourth-order valence-electron chi connectivity index (χ4n) is 4.69. The average molecular weight is 474 g/mol. The second kappa shape index (κ2) is 7.98. The fraction of sp³-hybridized carbons (Fsp3) is 0.706. The van der Waals surface area contributed by atoms with Crippen LogP contribution in [0.5, 0.6) is 0 Å². The van der Waals surface area contributed by atoms with Crippen LogP contribution < -0.4 is 5.01 Å². The van der Waals surface area contributed by atoms with Crippen molar-refractivity contribution in [1.82, 2.24) is 30.3 Å². The van der Waals surface area contributed by atoms with Crippen LogP contribution in [-0.2, 0) is 15.1 Å². The van der Waals surface area contributed by atoms with Crippen molar-refractivity contribution in [3.8, 4) is 0 Å². The molecule has 3 unspecified atom stereocenters. The summed E-state index contributed by atoms with van der Waals surface area (Å²) in [6.07, 6.45) is -6.95. The number of fused-ring (bicyclic) bond motifs is 5. The maximum absolute atomic E-state index is 12.7. The van der Waals surface area contributed by atoms with Gasteiger partial charge in [0.15, 0.2) is 5.15 Å². The molecule has 4 rings (SSSR count). The number of rotatable bonds is 6. The van der Waals surface area contributed by atoms with E-state index in [2.05, 4.69) is 20.6 Å². The Bertz CT molecular complexity index is 1040. The first kappa shape index (κ1) is 23.0. The Hall–Kier alpha value is -2.20. The Morgan fingerprint density at radius 2 is 1.97 bits per heavy atom. The second-order valence-electron chi connectivity index (χ2n) is 8.32. The van der Waals surface area contributed by atoms with Crippen LogP contribution >= 0.6 is 11.6 Å². The second-order valence-corrected chi connectivity index (χ2v) is 8.68. The van der Waals surface area contributed by atoms with Crippen LogP contribution in [0.3, 0.4) is 0 Å². The maximum atomic E-state index is 12.7. The maximum Gasteiger partial charge on any atom is 0.330 e. The summed E-state index contributed by atoms with van der Waals surface area (Å²) in [6.45, 7) is 2.77. The van der Waals surface area contributed by atoms with E-state index >= 15 is 0 Å². The molecule has 32 heavy (non-hydrogen) atoms. The summed E-state index contributed by atoms with van der Waals surface area (Å²) < 4.78 is 6.10. The summed E-state index contributed by atoms with van der Waals surface area (Å²) in [5.74, 6) is -0.616. The van der Waals surface area contributed by atoms with E-state index in [0.29, 0.717) is 11.3 Å². The minimum Gasteiger partial charge on any atom is -0.467 e. The molecule has 2 aliphatic rings. The summed E-state index contributed by atoms with van der Waals surface area (Å²) in [6, 6.07) is -1.87. The molecule has 0 amide bonds. The van der Waals surface area contributed by atoms with E-state index < -0.39 is 54.6 Å². The Labute approximate surface area is 186 Å². The van der Waals surface area contributed by atoms with Gasteiger partial charge >= 0.3 is 5.97 Å². The molecule has 15 heteroatoms. The van der Waals surface area contributed by atoms with Gasteiger partial charge in [-0.25, -0.2) is 9.80 Å². The van der Waals surface area contributed by atoms with Crippen LogP contribution in [0.25, 0.3) is 5.65 Å². The Morgan fingerprint density at radius 1 is 1.28 bits per heavy atom. The van der Waals surface area contributed by atoms with Gasteiger partial charge < -0.3 is 30.3 Å². The number of carbonyl (C=O) groups is 1. The molecule has 2 aromatic rings. The van der Waals surface area contributed by atoms with Crippen molar-refractivity contribution < 1.29 is 35.1 Å². The summed E-state index contributed by atoms with van der Waals surface area (Å²) in [4.78, 5) is 12.7. The number of anilines is 1. The number of carbonyl (C=O) groups excluding carboxylic acids is 1. The van der Waals surface area contributed by atoms with Crippen LogP contribution in [0, 0.1) is 0 Å². The van der Waals surface area contributed by atoms with E-state index in [9.17, 15) is 25.2 Å². The highest BCUT2D eigenvalue weighted by atomic mass is 35.5. The zero-order chi connectivity index (χ0) is 23.5. The molecule has 2 aromatic heterocycles. The third kappa shape index (κ3) is 3.14. The topological polar surface area (TPSA) is 190 Å². The number of hydrazine groups is 1.